The average molecular weight is 2100 g/mol. The molecule has 0 N–H and O–H groups in total. The SMILES string of the molecule is CCOc1cc(OCC)cc(-c2nc(-c3ccccc3C)no2)c1.Cc1ccccc1-c1noc(-c2cc(-c3ccccc3)c(C(F)(F)F)s2)n1.Cc1ccccc1-c1noc(-c2cc(Br)cc(C(F)(F)F)c2)n1.Cc1ccccc1-c1noc(-c2cc(C(F)(F)F)cc(C(F)(F)F)c2)n1.Cc1ccccc1-c1noc(-c2cccc(CCC(C)C)c2)n1.Cc1ccccc1-c1noc(-c2cccc(Oc3ccccc3)c2)n1. The molecule has 13 aromatic carbocycles. The minimum atomic E-state index is -4.95. The lowest BCUT2D eigenvalue weighted by atomic mass is 10.0. The van der Waals surface area contributed by atoms with Crippen molar-refractivity contribution in [3.8, 4) is 170 Å². The summed E-state index contributed by atoms with van der Waals surface area (Å²) in [5.74, 6) is 7.38. The Kier molecular flexibility index (Phi) is 34.0. The molecule has 754 valence electrons. The van der Waals surface area contributed by atoms with Crippen molar-refractivity contribution in [3.63, 3.8) is 0 Å². The predicted octanol–water partition coefficient (Wildman–Crippen LogP) is 33.0. The summed E-state index contributed by atoms with van der Waals surface area (Å²) in [6.07, 6.45) is -16.6. The Morgan fingerprint density at radius 1 is 0.284 bits per heavy atom. The smallest absolute Gasteiger partial charge is 0.426 e. The van der Waals surface area contributed by atoms with Crippen LogP contribution in [0.1, 0.15) is 94.6 Å². The van der Waals surface area contributed by atoms with E-state index in [0.717, 1.165) is 108 Å². The Morgan fingerprint density at radius 2 is 0.588 bits per heavy atom. The van der Waals surface area contributed by atoms with Gasteiger partial charge in [0.15, 0.2) is 0 Å². The molecule has 0 radical (unpaired) electrons. The molecular weight excluding hydrogens is 2010 g/mol. The topological polar surface area (TPSA) is 261 Å². The van der Waals surface area contributed by atoms with Gasteiger partial charge in [0.05, 0.1) is 34.8 Å². The minimum Gasteiger partial charge on any atom is -0.494 e. The highest BCUT2D eigenvalue weighted by molar-refractivity contribution is 9.10. The number of aromatic nitrogens is 12. The molecule has 0 aliphatic carbocycles. The van der Waals surface area contributed by atoms with Crippen LogP contribution in [0.25, 0.3) is 147 Å². The van der Waals surface area contributed by atoms with Crippen LogP contribution in [0.4, 0.5) is 52.7 Å². The summed E-state index contributed by atoms with van der Waals surface area (Å²) in [5.41, 5.74) is 11.7. The van der Waals surface area contributed by atoms with Crippen LogP contribution in [0.2, 0.25) is 0 Å². The van der Waals surface area contributed by atoms with Gasteiger partial charge in [-0.25, -0.2) is 0 Å². The first-order valence-corrected chi connectivity index (χ1v) is 47.7. The maximum Gasteiger partial charge on any atom is 0.426 e. The minimum absolute atomic E-state index is 0.0371. The number of alkyl halides is 12. The van der Waals surface area contributed by atoms with Gasteiger partial charge in [0, 0.05) is 77.3 Å². The van der Waals surface area contributed by atoms with Crippen LogP contribution >= 0.6 is 27.3 Å². The van der Waals surface area contributed by atoms with Crippen LogP contribution in [0.5, 0.6) is 23.0 Å². The zero-order valence-corrected chi connectivity index (χ0v) is 83.2. The molecule has 0 saturated carbocycles. The van der Waals surface area contributed by atoms with E-state index in [0.29, 0.717) is 112 Å². The Labute approximate surface area is 853 Å². The molecular formula is C113H91BrF12N12O9S. The standard InChI is InChI=1S/C21H16N2O2.C20H13F3N2OS.C20H22N2O.C19H20N2O3.C17H10F6N2O.C16H10BrF3N2O/c1-15-8-5-6-13-19(15)20-22-21(25-23-20)16-9-7-12-18(14-16)24-17-10-3-2-4-11-17;1-12-7-5-6-10-14(12)18-24-19(26-25-18)16-11-15(13-8-3-2-4-9-13)17(27-16)20(21,22)23;1-14(2)11-12-16-8-6-9-17(13-16)20-21-19(22-23-20)18-10-5-4-7-15(18)3;1-4-22-15-10-14(11-16(12-15)23-5-2)19-20-18(21-24-19)17-9-7-6-8-13(17)3;1-9-4-2-3-5-13(9)14-24-15(26-25-14)10-6-11(16(18,19)20)8-12(7-10)17(21,22)23;1-9-4-2-3-5-13(9)14-21-15(23-22-14)10-6-11(16(18,19)20)8-12(17)7-10/h2-14H,1H3;2-11H,1H3;4-10,13-14H,11-12H2,1-3H3;6-12H,4-5H2,1-3H3;2-8H,1H3;2-8H,1H3. The van der Waals surface area contributed by atoms with E-state index in [1.807, 2.05) is 236 Å². The van der Waals surface area contributed by atoms with Crippen LogP contribution in [0.15, 0.2) is 347 Å². The molecule has 21 nitrogen and oxygen atoms in total. The van der Waals surface area contributed by atoms with Gasteiger partial charge in [0.25, 0.3) is 35.3 Å². The van der Waals surface area contributed by atoms with Gasteiger partial charge in [-0.1, -0.05) is 273 Å². The first kappa shape index (κ1) is 106. The van der Waals surface area contributed by atoms with Gasteiger partial charge >= 0.3 is 24.7 Å². The van der Waals surface area contributed by atoms with Crippen molar-refractivity contribution >= 4 is 27.3 Å². The van der Waals surface area contributed by atoms with Crippen molar-refractivity contribution in [3.05, 3.63) is 380 Å². The summed E-state index contributed by atoms with van der Waals surface area (Å²) in [6.45, 7) is 21.2. The summed E-state index contributed by atoms with van der Waals surface area (Å²) < 4.78 is 206. The van der Waals surface area contributed by atoms with Gasteiger partial charge in [-0.2, -0.15) is 82.6 Å². The van der Waals surface area contributed by atoms with Crippen LogP contribution < -0.4 is 14.2 Å². The molecule has 7 aromatic heterocycles. The second kappa shape index (κ2) is 47.5. The molecule has 0 amide bonds. The quantitative estimate of drug-likeness (QED) is 0.0571. The van der Waals surface area contributed by atoms with Gasteiger partial charge in [0.2, 0.25) is 34.9 Å². The summed E-state index contributed by atoms with van der Waals surface area (Å²) in [4.78, 5) is 25.7. The van der Waals surface area contributed by atoms with E-state index in [1.54, 1.807) is 61.5 Å². The van der Waals surface area contributed by atoms with Crippen LogP contribution in [0.3, 0.4) is 0 Å². The van der Waals surface area contributed by atoms with Gasteiger partial charge in [-0.3, -0.25) is 0 Å². The number of halogens is 13. The van der Waals surface area contributed by atoms with E-state index >= 15 is 0 Å². The number of benzene rings is 13. The van der Waals surface area contributed by atoms with E-state index in [2.05, 4.69) is 122 Å². The fraction of sp³-hybridized carbons (Fsp3) is 0.168. The van der Waals surface area contributed by atoms with Crippen molar-refractivity contribution < 1.29 is 94.0 Å². The molecule has 0 aliphatic heterocycles. The molecule has 148 heavy (non-hydrogen) atoms. The number of hydrogen-bond donors (Lipinski definition) is 0. The van der Waals surface area contributed by atoms with Crippen LogP contribution in [-0.4, -0.2) is 74.1 Å². The maximum atomic E-state index is 13.5. The number of aryl methyl sites for hydroxylation is 7. The number of thiophene rings is 1. The molecule has 0 aliphatic rings. The van der Waals surface area contributed by atoms with Gasteiger partial charge in [-0.05, 0) is 216 Å². The third-order valence-corrected chi connectivity index (χ3v) is 24.1. The monoisotopic (exact) mass is 2100 g/mol. The molecule has 35 heteroatoms. The third kappa shape index (κ3) is 27.5. The second-order valence-electron chi connectivity index (χ2n) is 33.8. The molecule has 0 saturated heterocycles. The second-order valence-corrected chi connectivity index (χ2v) is 35.8. The van der Waals surface area contributed by atoms with E-state index in [9.17, 15) is 52.7 Å². The lowest BCUT2D eigenvalue weighted by molar-refractivity contribution is -0.143. The van der Waals surface area contributed by atoms with E-state index in [1.165, 1.54) is 24.1 Å². The molecule has 0 spiro atoms. The van der Waals surface area contributed by atoms with E-state index in [4.69, 9.17) is 41.3 Å². The lowest BCUT2D eigenvalue weighted by Gasteiger charge is -2.12. The highest BCUT2D eigenvalue weighted by atomic mass is 79.9. The average Bonchev–Trinajstić information content (AvgIpc) is 1.64. The Balaban J connectivity index is 0.000000133. The molecule has 20 aromatic rings. The molecule has 0 fully saturated rings. The Morgan fingerprint density at radius 3 is 0.953 bits per heavy atom. The fourth-order valence-electron chi connectivity index (χ4n) is 14.9. The van der Waals surface area contributed by atoms with Crippen molar-refractivity contribution in [1.82, 2.24) is 60.8 Å². The highest BCUT2D eigenvalue weighted by Crippen LogP contribution is 2.48. The van der Waals surface area contributed by atoms with E-state index < -0.39 is 57.7 Å². The van der Waals surface area contributed by atoms with Crippen LogP contribution in [-0.2, 0) is 31.1 Å². The summed E-state index contributed by atoms with van der Waals surface area (Å²) in [6, 6.07) is 91.6. The largest absolute Gasteiger partial charge is 0.494 e. The zero-order valence-electron chi connectivity index (χ0n) is 80.8. The molecule has 0 unspecified atom stereocenters. The van der Waals surface area contributed by atoms with Crippen molar-refractivity contribution in [2.45, 2.75) is 107 Å². The molecule has 0 atom stereocenters. The van der Waals surface area contributed by atoms with Crippen molar-refractivity contribution in [1.29, 1.82) is 0 Å². The normalized spacial score (nSPS) is 11.4. The van der Waals surface area contributed by atoms with Crippen LogP contribution in [0, 0.1) is 47.5 Å². The molecule has 20 rings (SSSR count). The summed E-state index contributed by atoms with van der Waals surface area (Å²) in [7, 11) is 0. The van der Waals surface area contributed by atoms with E-state index in [-0.39, 0.29) is 44.1 Å². The predicted molar refractivity (Wildman–Crippen MR) is 542 cm³/mol. The van der Waals surface area contributed by atoms with Gasteiger partial charge in [0.1, 0.15) is 27.9 Å². The van der Waals surface area contributed by atoms with Gasteiger partial charge in [-0.15, -0.1) is 11.3 Å². The lowest BCUT2D eigenvalue weighted by Crippen LogP contribution is -2.11. The third-order valence-electron chi connectivity index (χ3n) is 22.5. The number of hydrogen-bond acceptors (Lipinski definition) is 22. The Bertz CT molecular complexity index is 7810. The molecule has 7 heterocycles. The summed E-state index contributed by atoms with van der Waals surface area (Å²) >= 11 is 3.68. The first-order valence-electron chi connectivity index (χ1n) is 46.1. The highest BCUT2D eigenvalue weighted by Gasteiger charge is 2.40. The number of para-hydroxylation sites is 1. The maximum absolute atomic E-state index is 13.5. The fourth-order valence-corrected chi connectivity index (χ4v) is 16.4. The summed E-state index contributed by atoms with van der Waals surface area (Å²) in [5, 5.41) is 23.8. The molecule has 0 bridgehead atoms. The Hall–Kier alpha value is -16.6. The first-order chi connectivity index (χ1) is 71.0. The van der Waals surface area contributed by atoms with Crippen molar-refractivity contribution in [2.24, 2.45) is 5.92 Å². The number of nitrogens with zero attached hydrogens (tertiary/aromatic N) is 12. The zero-order chi connectivity index (χ0) is 105. The van der Waals surface area contributed by atoms with Gasteiger partial charge < -0.3 is 41.3 Å². The number of rotatable bonds is 22. The number of ether oxygens (including phenoxy) is 3. The van der Waals surface area contributed by atoms with Crippen molar-refractivity contribution in [2.75, 3.05) is 13.2 Å².